The van der Waals surface area contributed by atoms with Crippen LogP contribution in [0.15, 0.2) is 0 Å². The minimum atomic E-state index is -0.446. The highest BCUT2D eigenvalue weighted by molar-refractivity contribution is 5.81. The summed E-state index contributed by atoms with van der Waals surface area (Å²) in [4.78, 5) is 14.6. The van der Waals surface area contributed by atoms with Crippen molar-refractivity contribution < 1.29 is 9.53 Å². The minimum Gasteiger partial charge on any atom is -0.465 e. The Kier molecular flexibility index (Phi) is 6.09. The quantitative estimate of drug-likeness (QED) is 0.705. The van der Waals surface area contributed by atoms with Gasteiger partial charge in [-0.05, 0) is 45.8 Å². The lowest BCUT2D eigenvalue weighted by Crippen LogP contribution is -2.52. The molecule has 4 nitrogen and oxygen atoms in total. The summed E-state index contributed by atoms with van der Waals surface area (Å²) in [7, 11) is 0. The number of carbonyl (C=O) groups excluding carboxylic acids is 1. The van der Waals surface area contributed by atoms with E-state index in [4.69, 9.17) is 4.74 Å². The monoisotopic (exact) mass is 256 g/mol. The first-order valence-corrected chi connectivity index (χ1v) is 7.29. The van der Waals surface area contributed by atoms with Gasteiger partial charge in [0.1, 0.15) is 5.54 Å². The molecule has 4 heteroatoms. The lowest BCUT2D eigenvalue weighted by atomic mass is 9.97. The van der Waals surface area contributed by atoms with Crippen LogP contribution in [0.4, 0.5) is 0 Å². The van der Waals surface area contributed by atoms with E-state index in [1.807, 2.05) is 13.8 Å². The van der Waals surface area contributed by atoms with Crippen LogP contribution < -0.4 is 5.32 Å². The average molecular weight is 256 g/mol. The van der Waals surface area contributed by atoms with Crippen molar-refractivity contribution in [2.45, 2.75) is 58.5 Å². The van der Waals surface area contributed by atoms with Crippen LogP contribution in [0.2, 0.25) is 0 Å². The van der Waals surface area contributed by atoms with Crippen molar-refractivity contribution in [1.29, 1.82) is 0 Å². The standard InChI is InChI=1S/C14H28N2O2/c1-5-15-14(13(17)18-8-4)10-9-12(11-14)16(6-2)7-3/h12,15H,5-11H2,1-4H3. The third-order valence-electron chi connectivity index (χ3n) is 4.00. The van der Waals surface area contributed by atoms with E-state index in [9.17, 15) is 4.79 Å². The number of carbonyl (C=O) groups is 1. The first kappa shape index (κ1) is 15.4. The number of hydrogen-bond acceptors (Lipinski definition) is 4. The van der Waals surface area contributed by atoms with Gasteiger partial charge in [0, 0.05) is 6.04 Å². The Morgan fingerprint density at radius 2 is 2.00 bits per heavy atom. The van der Waals surface area contributed by atoms with Crippen LogP contribution >= 0.6 is 0 Å². The first-order chi connectivity index (χ1) is 8.63. The molecule has 0 aromatic heterocycles. The molecule has 0 aromatic rings. The van der Waals surface area contributed by atoms with Crippen molar-refractivity contribution in [3.05, 3.63) is 0 Å². The Morgan fingerprint density at radius 1 is 1.33 bits per heavy atom. The molecule has 1 saturated carbocycles. The van der Waals surface area contributed by atoms with E-state index in [0.717, 1.165) is 38.9 Å². The number of rotatable bonds is 7. The maximum atomic E-state index is 12.2. The van der Waals surface area contributed by atoms with Crippen LogP contribution in [0, 0.1) is 0 Å². The highest BCUT2D eigenvalue weighted by Gasteiger charge is 2.46. The lowest BCUT2D eigenvalue weighted by molar-refractivity contribution is -0.151. The second-order valence-corrected chi connectivity index (χ2v) is 4.95. The summed E-state index contributed by atoms with van der Waals surface area (Å²) in [5.74, 6) is -0.0680. The van der Waals surface area contributed by atoms with Gasteiger partial charge in [-0.3, -0.25) is 4.79 Å². The second kappa shape index (κ2) is 7.10. The summed E-state index contributed by atoms with van der Waals surface area (Å²) in [5.41, 5.74) is -0.446. The van der Waals surface area contributed by atoms with Gasteiger partial charge in [-0.1, -0.05) is 20.8 Å². The topological polar surface area (TPSA) is 41.6 Å². The molecule has 106 valence electrons. The van der Waals surface area contributed by atoms with Crippen LogP contribution in [0.25, 0.3) is 0 Å². The van der Waals surface area contributed by atoms with Gasteiger partial charge in [-0.15, -0.1) is 0 Å². The Hall–Kier alpha value is -0.610. The van der Waals surface area contributed by atoms with E-state index in [0.29, 0.717) is 12.6 Å². The third-order valence-corrected chi connectivity index (χ3v) is 4.00. The zero-order valence-corrected chi connectivity index (χ0v) is 12.3. The Labute approximate surface area is 111 Å². The highest BCUT2D eigenvalue weighted by atomic mass is 16.5. The molecule has 2 atom stereocenters. The van der Waals surface area contributed by atoms with Crippen molar-refractivity contribution in [3.8, 4) is 0 Å². The smallest absolute Gasteiger partial charge is 0.326 e. The number of nitrogens with one attached hydrogen (secondary N) is 1. The van der Waals surface area contributed by atoms with Crippen LogP contribution in [0.3, 0.4) is 0 Å². The van der Waals surface area contributed by atoms with E-state index in [1.54, 1.807) is 0 Å². The van der Waals surface area contributed by atoms with Crippen LogP contribution in [-0.4, -0.2) is 48.7 Å². The predicted octanol–water partition coefficient (Wildman–Crippen LogP) is 1.79. The fourth-order valence-electron chi connectivity index (χ4n) is 3.10. The molecular weight excluding hydrogens is 228 g/mol. The third kappa shape index (κ3) is 3.23. The van der Waals surface area contributed by atoms with E-state index >= 15 is 0 Å². The van der Waals surface area contributed by atoms with Crippen molar-refractivity contribution in [2.75, 3.05) is 26.2 Å². The van der Waals surface area contributed by atoms with E-state index in [2.05, 4.69) is 24.1 Å². The molecule has 18 heavy (non-hydrogen) atoms. The van der Waals surface area contributed by atoms with Gasteiger partial charge in [-0.25, -0.2) is 0 Å². The maximum Gasteiger partial charge on any atom is 0.326 e. The molecule has 1 N–H and O–H groups in total. The van der Waals surface area contributed by atoms with E-state index in [1.165, 1.54) is 0 Å². The second-order valence-electron chi connectivity index (χ2n) is 4.95. The van der Waals surface area contributed by atoms with Crippen molar-refractivity contribution in [1.82, 2.24) is 10.2 Å². The average Bonchev–Trinajstić information content (AvgIpc) is 2.77. The first-order valence-electron chi connectivity index (χ1n) is 7.29. The summed E-state index contributed by atoms with van der Waals surface area (Å²) in [6.07, 6.45) is 2.84. The van der Waals surface area contributed by atoms with Gasteiger partial charge < -0.3 is 15.0 Å². The normalized spacial score (nSPS) is 27.7. The molecular formula is C14H28N2O2. The number of ether oxygens (including phenoxy) is 1. The molecule has 1 fully saturated rings. The number of likely N-dealkylation sites (N-methyl/N-ethyl adjacent to an activating group) is 1. The Bertz CT molecular complexity index is 267. The Balaban J connectivity index is 2.74. The Morgan fingerprint density at radius 3 is 2.50 bits per heavy atom. The molecule has 0 aliphatic heterocycles. The van der Waals surface area contributed by atoms with Gasteiger partial charge in [0.2, 0.25) is 0 Å². The van der Waals surface area contributed by atoms with Gasteiger partial charge in [0.25, 0.3) is 0 Å². The maximum absolute atomic E-state index is 12.2. The summed E-state index contributed by atoms with van der Waals surface area (Å²) in [6, 6.07) is 0.503. The van der Waals surface area contributed by atoms with Crippen molar-refractivity contribution in [2.24, 2.45) is 0 Å². The van der Waals surface area contributed by atoms with Gasteiger partial charge in [0.05, 0.1) is 6.61 Å². The van der Waals surface area contributed by atoms with Gasteiger partial charge in [0.15, 0.2) is 0 Å². The molecule has 1 aliphatic rings. The minimum absolute atomic E-state index is 0.0680. The van der Waals surface area contributed by atoms with Gasteiger partial charge >= 0.3 is 5.97 Å². The largest absolute Gasteiger partial charge is 0.465 e. The van der Waals surface area contributed by atoms with Crippen molar-refractivity contribution in [3.63, 3.8) is 0 Å². The van der Waals surface area contributed by atoms with Gasteiger partial charge in [-0.2, -0.15) is 0 Å². The highest BCUT2D eigenvalue weighted by Crippen LogP contribution is 2.34. The molecule has 0 saturated heterocycles. The van der Waals surface area contributed by atoms with E-state index < -0.39 is 5.54 Å². The molecule has 2 unspecified atom stereocenters. The summed E-state index contributed by atoms with van der Waals surface area (Å²) >= 11 is 0. The fourth-order valence-corrected chi connectivity index (χ4v) is 3.10. The zero-order valence-electron chi connectivity index (χ0n) is 12.3. The molecule has 0 aromatic carbocycles. The SMILES string of the molecule is CCNC1(C(=O)OCC)CCC(N(CC)CC)C1. The summed E-state index contributed by atoms with van der Waals surface area (Å²) in [5, 5.41) is 3.37. The molecule has 0 amide bonds. The summed E-state index contributed by atoms with van der Waals surface area (Å²) < 4.78 is 5.26. The molecule has 0 spiro atoms. The number of hydrogen-bond donors (Lipinski definition) is 1. The molecule has 0 heterocycles. The zero-order chi connectivity index (χ0) is 13.6. The molecule has 0 bridgehead atoms. The number of esters is 1. The van der Waals surface area contributed by atoms with Crippen LogP contribution in [0.1, 0.15) is 47.0 Å². The van der Waals surface area contributed by atoms with Crippen LogP contribution in [0.5, 0.6) is 0 Å². The van der Waals surface area contributed by atoms with Crippen molar-refractivity contribution >= 4 is 5.97 Å². The van der Waals surface area contributed by atoms with E-state index in [-0.39, 0.29) is 5.97 Å². The molecule has 0 radical (unpaired) electrons. The predicted molar refractivity (Wildman–Crippen MR) is 73.6 cm³/mol. The molecule has 1 aliphatic carbocycles. The summed E-state index contributed by atoms with van der Waals surface area (Å²) in [6.45, 7) is 11.6. The molecule has 1 rings (SSSR count). The lowest BCUT2D eigenvalue weighted by Gasteiger charge is -2.30. The number of nitrogens with zero attached hydrogens (tertiary/aromatic N) is 1. The fraction of sp³-hybridized carbons (Fsp3) is 0.929. The van der Waals surface area contributed by atoms with Crippen LogP contribution in [-0.2, 0) is 9.53 Å².